The molecule has 1 saturated carbocycles. The van der Waals surface area contributed by atoms with Crippen LogP contribution in [0.15, 0.2) is 30.3 Å². The summed E-state index contributed by atoms with van der Waals surface area (Å²) >= 11 is 0. The molecule has 1 N–H and O–H groups in total. The lowest BCUT2D eigenvalue weighted by molar-refractivity contribution is 0.0247. The first-order valence-corrected chi connectivity index (χ1v) is 7.08. The third kappa shape index (κ3) is 6.08. The van der Waals surface area contributed by atoms with Gasteiger partial charge in [-0.1, -0.05) is 31.0 Å². The van der Waals surface area contributed by atoms with E-state index in [1.54, 1.807) is 7.11 Å². The summed E-state index contributed by atoms with van der Waals surface area (Å²) in [6.07, 6.45) is 5.82. The number of ether oxygens (including phenoxy) is 2. The molecule has 2 unspecified atom stereocenters. The summed E-state index contributed by atoms with van der Waals surface area (Å²) in [5.41, 5.74) is 0. The Balaban J connectivity index is 0.000000200. The van der Waals surface area contributed by atoms with Crippen molar-refractivity contribution in [1.29, 1.82) is 0 Å². The van der Waals surface area contributed by atoms with E-state index in [1.165, 1.54) is 25.7 Å². The van der Waals surface area contributed by atoms with Gasteiger partial charge in [0.15, 0.2) is 0 Å². The number of nitrogens with one attached hydrogen (secondary N) is 1. The SMILES string of the molecule is CNCC1CCCCC1OC.COc1ccccc1. The lowest BCUT2D eigenvalue weighted by Gasteiger charge is -2.30. The van der Waals surface area contributed by atoms with Crippen LogP contribution in [0.3, 0.4) is 0 Å². The molecular formula is C16H27NO2. The molecule has 1 aliphatic rings. The van der Waals surface area contributed by atoms with Gasteiger partial charge in [-0.15, -0.1) is 0 Å². The lowest BCUT2D eigenvalue weighted by atomic mass is 9.86. The second kappa shape index (κ2) is 9.82. The topological polar surface area (TPSA) is 30.5 Å². The summed E-state index contributed by atoms with van der Waals surface area (Å²) in [5.74, 6) is 1.66. The molecule has 1 fully saturated rings. The highest BCUT2D eigenvalue weighted by Crippen LogP contribution is 2.25. The fourth-order valence-electron chi connectivity index (χ4n) is 2.54. The molecule has 19 heavy (non-hydrogen) atoms. The number of hydrogen-bond acceptors (Lipinski definition) is 3. The van der Waals surface area contributed by atoms with Crippen LogP contribution in [0.1, 0.15) is 25.7 Å². The Kier molecular flexibility index (Phi) is 8.26. The second-order valence-electron chi connectivity index (χ2n) is 4.89. The minimum Gasteiger partial charge on any atom is -0.497 e. The van der Waals surface area contributed by atoms with Crippen molar-refractivity contribution in [2.75, 3.05) is 27.8 Å². The number of methoxy groups -OCH3 is 2. The molecule has 1 aromatic carbocycles. The largest absolute Gasteiger partial charge is 0.497 e. The van der Waals surface area contributed by atoms with Gasteiger partial charge in [0.1, 0.15) is 5.75 Å². The Morgan fingerprint density at radius 2 is 1.79 bits per heavy atom. The van der Waals surface area contributed by atoms with Crippen LogP contribution in [0.2, 0.25) is 0 Å². The van der Waals surface area contributed by atoms with E-state index in [2.05, 4.69) is 5.32 Å². The van der Waals surface area contributed by atoms with Crippen LogP contribution in [-0.2, 0) is 4.74 Å². The predicted octanol–water partition coefficient (Wildman–Crippen LogP) is 3.11. The number of benzene rings is 1. The maximum absolute atomic E-state index is 5.42. The molecule has 0 heterocycles. The Hall–Kier alpha value is -1.06. The van der Waals surface area contributed by atoms with Gasteiger partial charge in [-0.25, -0.2) is 0 Å². The van der Waals surface area contributed by atoms with Crippen molar-refractivity contribution in [3.63, 3.8) is 0 Å². The number of hydrogen-bond donors (Lipinski definition) is 1. The fraction of sp³-hybridized carbons (Fsp3) is 0.625. The van der Waals surface area contributed by atoms with Crippen molar-refractivity contribution in [1.82, 2.24) is 5.32 Å². The molecule has 2 atom stereocenters. The van der Waals surface area contributed by atoms with Crippen LogP contribution in [0, 0.1) is 5.92 Å². The van der Waals surface area contributed by atoms with Gasteiger partial charge in [-0.3, -0.25) is 0 Å². The van der Waals surface area contributed by atoms with Crippen LogP contribution in [-0.4, -0.2) is 33.9 Å². The minimum absolute atomic E-state index is 0.510. The molecule has 0 aromatic heterocycles. The van der Waals surface area contributed by atoms with Gasteiger partial charge in [0.25, 0.3) is 0 Å². The summed E-state index contributed by atoms with van der Waals surface area (Å²) in [6.45, 7) is 1.11. The molecule has 1 aliphatic carbocycles. The molecule has 0 radical (unpaired) electrons. The quantitative estimate of drug-likeness (QED) is 0.907. The Morgan fingerprint density at radius 1 is 1.11 bits per heavy atom. The van der Waals surface area contributed by atoms with E-state index in [4.69, 9.17) is 9.47 Å². The lowest BCUT2D eigenvalue weighted by Crippen LogP contribution is -2.33. The molecule has 2 rings (SSSR count). The summed E-state index contributed by atoms with van der Waals surface area (Å²) in [7, 11) is 5.51. The van der Waals surface area contributed by atoms with Crippen molar-refractivity contribution >= 4 is 0 Å². The van der Waals surface area contributed by atoms with Crippen LogP contribution in [0.4, 0.5) is 0 Å². The van der Waals surface area contributed by atoms with Crippen LogP contribution >= 0.6 is 0 Å². The highest BCUT2D eigenvalue weighted by Gasteiger charge is 2.23. The van der Waals surface area contributed by atoms with Crippen LogP contribution < -0.4 is 10.1 Å². The van der Waals surface area contributed by atoms with Gasteiger partial charge in [0.05, 0.1) is 13.2 Å². The number of para-hydroxylation sites is 1. The molecule has 108 valence electrons. The van der Waals surface area contributed by atoms with E-state index >= 15 is 0 Å². The zero-order valence-corrected chi connectivity index (χ0v) is 12.4. The normalized spacial score (nSPS) is 22.3. The molecule has 0 amide bonds. The van der Waals surface area contributed by atoms with E-state index in [0.717, 1.165) is 18.2 Å². The monoisotopic (exact) mass is 265 g/mol. The van der Waals surface area contributed by atoms with Gasteiger partial charge in [0, 0.05) is 13.7 Å². The first-order valence-electron chi connectivity index (χ1n) is 7.08. The predicted molar refractivity (Wildman–Crippen MR) is 79.7 cm³/mol. The third-order valence-corrected chi connectivity index (χ3v) is 3.59. The van der Waals surface area contributed by atoms with Gasteiger partial charge < -0.3 is 14.8 Å². The average molecular weight is 265 g/mol. The fourth-order valence-corrected chi connectivity index (χ4v) is 2.54. The molecule has 0 spiro atoms. The summed E-state index contributed by atoms with van der Waals surface area (Å²) in [6, 6.07) is 9.68. The van der Waals surface area contributed by atoms with E-state index in [0.29, 0.717) is 6.10 Å². The van der Waals surface area contributed by atoms with Crippen LogP contribution in [0.5, 0.6) is 5.75 Å². The van der Waals surface area contributed by atoms with E-state index in [9.17, 15) is 0 Å². The summed E-state index contributed by atoms with van der Waals surface area (Å²) in [5, 5.41) is 3.22. The zero-order chi connectivity index (χ0) is 13.9. The molecule has 0 aliphatic heterocycles. The van der Waals surface area contributed by atoms with Crippen molar-refractivity contribution in [2.45, 2.75) is 31.8 Å². The van der Waals surface area contributed by atoms with Gasteiger partial charge in [-0.2, -0.15) is 0 Å². The summed E-state index contributed by atoms with van der Waals surface area (Å²) < 4.78 is 10.3. The van der Waals surface area contributed by atoms with Crippen molar-refractivity contribution < 1.29 is 9.47 Å². The average Bonchev–Trinajstić information content (AvgIpc) is 2.49. The van der Waals surface area contributed by atoms with Crippen molar-refractivity contribution in [2.24, 2.45) is 5.92 Å². The maximum atomic E-state index is 5.42. The standard InChI is InChI=1S/C9H19NO.C7H8O/c1-10-7-8-5-3-4-6-9(8)11-2;1-8-7-5-3-2-4-6-7/h8-10H,3-7H2,1-2H3;2-6H,1H3. The molecule has 3 heteroatoms. The van der Waals surface area contributed by atoms with E-state index in [1.807, 2.05) is 44.5 Å². The molecule has 3 nitrogen and oxygen atoms in total. The molecule has 0 bridgehead atoms. The minimum atomic E-state index is 0.510. The van der Waals surface area contributed by atoms with Crippen molar-refractivity contribution in [3.8, 4) is 5.75 Å². The highest BCUT2D eigenvalue weighted by atomic mass is 16.5. The third-order valence-electron chi connectivity index (χ3n) is 3.59. The maximum Gasteiger partial charge on any atom is 0.118 e. The molecule has 0 saturated heterocycles. The highest BCUT2D eigenvalue weighted by molar-refractivity contribution is 5.20. The Bertz CT molecular complexity index is 314. The zero-order valence-electron chi connectivity index (χ0n) is 12.4. The number of rotatable bonds is 4. The first-order chi connectivity index (χ1) is 9.31. The van der Waals surface area contributed by atoms with E-state index in [-0.39, 0.29) is 0 Å². The Labute approximate surface area is 117 Å². The Morgan fingerprint density at radius 3 is 2.32 bits per heavy atom. The smallest absolute Gasteiger partial charge is 0.118 e. The molecular weight excluding hydrogens is 238 g/mol. The molecule has 1 aromatic rings. The summed E-state index contributed by atoms with van der Waals surface area (Å²) in [4.78, 5) is 0. The van der Waals surface area contributed by atoms with Crippen LogP contribution in [0.25, 0.3) is 0 Å². The van der Waals surface area contributed by atoms with Gasteiger partial charge >= 0.3 is 0 Å². The van der Waals surface area contributed by atoms with E-state index < -0.39 is 0 Å². The van der Waals surface area contributed by atoms with Crippen molar-refractivity contribution in [3.05, 3.63) is 30.3 Å². The second-order valence-corrected chi connectivity index (χ2v) is 4.89. The van der Waals surface area contributed by atoms with Gasteiger partial charge in [-0.05, 0) is 37.9 Å². The first kappa shape index (κ1) is 16.0. The van der Waals surface area contributed by atoms with Gasteiger partial charge in [0.2, 0.25) is 0 Å².